The second-order valence-corrected chi connectivity index (χ2v) is 9.62. The standard InChI is InChI=1S/C26H26F2N4O5S/c27-24(28)37-20-8-6-17(7-9-20)16-21-23(34)32(26(36)38-21)15-12-29-22(33)18-10-13-31(14-11-18)25(35)30-19-4-2-1-3-5-19/h1-9,16,18,24H,10-15H2,(H,29,33)(H,30,35)/b21-16+. The number of imide groups is 1. The van der Waals surface area contributed by atoms with Gasteiger partial charge in [0.25, 0.3) is 11.1 Å². The Kier molecular flexibility index (Phi) is 8.95. The van der Waals surface area contributed by atoms with E-state index < -0.39 is 17.8 Å². The zero-order valence-electron chi connectivity index (χ0n) is 20.3. The highest BCUT2D eigenvalue weighted by Crippen LogP contribution is 2.32. The van der Waals surface area contributed by atoms with E-state index in [9.17, 15) is 28.0 Å². The topological polar surface area (TPSA) is 108 Å². The highest BCUT2D eigenvalue weighted by molar-refractivity contribution is 8.18. The molecular weight excluding hydrogens is 518 g/mol. The van der Waals surface area contributed by atoms with Crippen LogP contribution >= 0.6 is 11.8 Å². The average Bonchev–Trinajstić information content (AvgIpc) is 3.17. The predicted octanol–water partition coefficient (Wildman–Crippen LogP) is 4.38. The Morgan fingerprint density at radius 2 is 1.74 bits per heavy atom. The lowest BCUT2D eigenvalue weighted by Crippen LogP contribution is -2.45. The van der Waals surface area contributed by atoms with E-state index in [0.717, 1.165) is 16.7 Å². The van der Waals surface area contributed by atoms with Gasteiger partial charge in [0.05, 0.1) is 4.91 Å². The summed E-state index contributed by atoms with van der Waals surface area (Å²) in [5.41, 5.74) is 1.26. The fourth-order valence-corrected chi connectivity index (χ4v) is 4.96. The molecule has 2 aliphatic rings. The number of piperidine rings is 1. The van der Waals surface area contributed by atoms with E-state index in [1.165, 1.54) is 30.3 Å². The van der Waals surface area contributed by atoms with Crippen LogP contribution in [0.5, 0.6) is 5.75 Å². The zero-order chi connectivity index (χ0) is 27.1. The highest BCUT2D eigenvalue weighted by atomic mass is 32.2. The highest BCUT2D eigenvalue weighted by Gasteiger charge is 2.35. The van der Waals surface area contributed by atoms with Crippen molar-refractivity contribution in [3.8, 4) is 5.75 Å². The molecule has 0 saturated carbocycles. The van der Waals surface area contributed by atoms with Crippen molar-refractivity contribution in [3.63, 3.8) is 0 Å². The molecule has 12 heteroatoms. The van der Waals surface area contributed by atoms with Crippen molar-refractivity contribution in [3.05, 3.63) is 65.1 Å². The lowest BCUT2D eigenvalue weighted by Gasteiger charge is -2.31. The number of carbonyl (C=O) groups excluding carboxylic acids is 4. The van der Waals surface area contributed by atoms with Crippen LogP contribution in [0.4, 0.5) is 24.1 Å². The number of urea groups is 1. The van der Waals surface area contributed by atoms with E-state index in [2.05, 4.69) is 15.4 Å². The monoisotopic (exact) mass is 544 g/mol. The summed E-state index contributed by atoms with van der Waals surface area (Å²) in [4.78, 5) is 53.0. The van der Waals surface area contributed by atoms with Crippen LogP contribution in [-0.4, -0.2) is 65.7 Å². The molecule has 200 valence electrons. The number of nitrogens with zero attached hydrogens (tertiary/aromatic N) is 2. The smallest absolute Gasteiger partial charge is 0.387 e. The first kappa shape index (κ1) is 27.1. The number of carbonyl (C=O) groups is 4. The van der Waals surface area contributed by atoms with Gasteiger partial charge in [0.1, 0.15) is 5.75 Å². The van der Waals surface area contributed by atoms with Gasteiger partial charge in [-0.2, -0.15) is 8.78 Å². The predicted molar refractivity (Wildman–Crippen MR) is 139 cm³/mol. The van der Waals surface area contributed by atoms with Gasteiger partial charge in [-0.15, -0.1) is 0 Å². The van der Waals surface area contributed by atoms with E-state index >= 15 is 0 Å². The molecule has 0 unspecified atom stereocenters. The molecule has 2 aromatic rings. The van der Waals surface area contributed by atoms with Crippen molar-refractivity contribution in [2.45, 2.75) is 19.5 Å². The molecule has 2 aliphatic heterocycles. The van der Waals surface area contributed by atoms with Gasteiger partial charge in [0.15, 0.2) is 0 Å². The molecule has 0 bridgehead atoms. The Hall–Kier alpha value is -3.93. The Labute approximate surface area is 222 Å². The minimum atomic E-state index is -2.93. The molecule has 2 saturated heterocycles. The van der Waals surface area contributed by atoms with Crippen molar-refractivity contribution < 1.29 is 32.7 Å². The Morgan fingerprint density at radius 3 is 2.39 bits per heavy atom. The number of hydrogen-bond donors (Lipinski definition) is 2. The summed E-state index contributed by atoms with van der Waals surface area (Å²) in [5.74, 6) is -0.939. The summed E-state index contributed by atoms with van der Waals surface area (Å²) in [6.07, 6.45) is 2.52. The molecule has 2 N–H and O–H groups in total. The van der Waals surface area contributed by atoms with E-state index in [0.29, 0.717) is 37.2 Å². The van der Waals surface area contributed by atoms with Crippen molar-refractivity contribution in [1.82, 2.24) is 15.1 Å². The molecule has 0 radical (unpaired) electrons. The number of nitrogens with one attached hydrogen (secondary N) is 2. The summed E-state index contributed by atoms with van der Waals surface area (Å²) < 4.78 is 28.9. The number of amides is 5. The number of para-hydroxylation sites is 1. The van der Waals surface area contributed by atoms with Gasteiger partial charge in [-0.25, -0.2) is 4.79 Å². The normalized spacial score (nSPS) is 17.3. The van der Waals surface area contributed by atoms with Gasteiger partial charge in [0.2, 0.25) is 5.91 Å². The lowest BCUT2D eigenvalue weighted by atomic mass is 9.96. The Balaban J connectivity index is 1.21. The number of alkyl halides is 2. The number of rotatable bonds is 8. The molecule has 9 nitrogen and oxygen atoms in total. The van der Waals surface area contributed by atoms with E-state index in [4.69, 9.17) is 0 Å². The number of benzene rings is 2. The average molecular weight is 545 g/mol. The number of likely N-dealkylation sites (tertiary alicyclic amines) is 1. The fraction of sp³-hybridized carbons (Fsp3) is 0.308. The summed E-state index contributed by atoms with van der Waals surface area (Å²) in [6.45, 7) is -1.91. The molecule has 2 heterocycles. The third-order valence-corrected chi connectivity index (χ3v) is 7.00. The minimum absolute atomic E-state index is 0.0119. The van der Waals surface area contributed by atoms with E-state index in [1.54, 1.807) is 17.0 Å². The molecule has 0 aromatic heterocycles. The van der Waals surface area contributed by atoms with Crippen LogP contribution in [0.3, 0.4) is 0 Å². The molecule has 0 atom stereocenters. The van der Waals surface area contributed by atoms with Gasteiger partial charge in [-0.05, 0) is 60.5 Å². The van der Waals surface area contributed by atoms with Gasteiger partial charge < -0.3 is 20.3 Å². The maximum atomic E-state index is 12.7. The van der Waals surface area contributed by atoms with Crippen molar-refractivity contribution in [2.24, 2.45) is 5.92 Å². The molecule has 2 fully saturated rings. The van der Waals surface area contributed by atoms with Crippen molar-refractivity contribution in [2.75, 3.05) is 31.5 Å². The number of hydrogen-bond acceptors (Lipinski definition) is 6. The summed E-state index contributed by atoms with van der Waals surface area (Å²) in [6, 6.07) is 14.6. The molecule has 2 aromatic carbocycles. The quantitative estimate of drug-likeness (QED) is 0.478. The van der Waals surface area contributed by atoms with Gasteiger partial charge in [-0.3, -0.25) is 19.3 Å². The van der Waals surface area contributed by atoms with Crippen molar-refractivity contribution in [1.29, 1.82) is 0 Å². The molecule has 38 heavy (non-hydrogen) atoms. The number of ether oxygens (including phenoxy) is 1. The second-order valence-electron chi connectivity index (χ2n) is 8.63. The molecule has 0 spiro atoms. The number of anilines is 1. The fourth-order valence-electron chi connectivity index (χ4n) is 4.09. The largest absolute Gasteiger partial charge is 0.435 e. The van der Waals surface area contributed by atoms with Gasteiger partial charge >= 0.3 is 12.6 Å². The number of thioether (sulfide) groups is 1. The van der Waals surface area contributed by atoms with Crippen LogP contribution in [0.25, 0.3) is 6.08 Å². The van der Waals surface area contributed by atoms with Crippen LogP contribution in [-0.2, 0) is 9.59 Å². The Morgan fingerprint density at radius 1 is 1.05 bits per heavy atom. The van der Waals surface area contributed by atoms with Gasteiger partial charge in [-0.1, -0.05) is 30.3 Å². The lowest BCUT2D eigenvalue weighted by molar-refractivity contribution is -0.127. The maximum Gasteiger partial charge on any atom is 0.387 e. The first-order chi connectivity index (χ1) is 18.3. The molecule has 4 rings (SSSR count). The van der Waals surface area contributed by atoms with Crippen LogP contribution < -0.4 is 15.4 Å². The summed E-state index contributed by atoms with van der Waals surface area (Å²) in [7, 11) is 0. The molecular formula is C26H26F2N4O5S. The zero-order valence-corrected chi connectivity index (χ0v) is 21.1. The van der Waals surface area contributed by atoms with Crippen LogP contribution in [0, 0.1) is 5.92 Å². The van der Waals surface area contributed by atoms with E-state index in [1.807, 2.05) is 18.2 Å². The van der Waals surface area contributed by atoms with Crippen LogP contribution in [0.2, 0.25) is 0 Å². The van der Waals surface area contributed by atoms with Crippen LogP contribution in [0.1, 0.15) is 18.4 Å². The molecule has 0 aliphatic carbocycles. The van der Waals surface area contributed by atoms with Gasteiger partial charge in [0, 0.05) is 37.8 Å². The minimum Gasteiger partial charge on any atom is -0.435 e. The van der Waals surface area contributed by atoms with Crippen LogP contribution in [0.15, 0.2) is 59.5 Å². The Bertz CT molecular complexity index is 1200. The third-order valence-electron chi connectivity index (χ3n) is 6.09. The first-order valence-corrected chi connectivity index (χ1v) is 12.8. The first-order valence-electron chi connectivity index (χ1n) is 12.0. The van der Waals surface area contributed by atoms with E-state index in [-0.39, 0.29) is 41.6 Å². The maximum absolute atomic E-state index is 12.7. The summed E-state index contributed by atoms with van der Waals surface area (Å²) >= 11 is 0.773. The molecule has 5 amide bonds. The van der Waals surface area contributed by atoms with Crippen molar-refractivity contribution >= 4 is 46.6 Å². The number of halogens is 2. The summed E-state index contributed by atoms with van der Waals surface area (Å²) in [5, 5.41) is 5.16. The second kappa shape index (κ2) is 12.5. The third kappa shape index (κ3) is 7.09. The SMILES string of the molecule is O=C(NCCN1C(=O)S/C(=C/c2ccc(OC(F)F)cc2)C1=O)C1CCN(C(=O)Nc2ccccc2)CC1.